The first-order valence-corrected chi connectivity index (χ1v) is 14.1. The van der Waals surface area contributed by atoms with Crippen molar-refractivity contribution >= 4 is 9.84 Å². The lowest BCUT2D eigenvalue weighted by atomic mass is 9.97. The van der Waals surface area contributed by atoms with Gasteiger partial charge in [-0.3, -0.25) is 0 Å². The van der Waals surface area contributed by atoms with E-state index < -0.39 is 9.84 Å². The molecule has 2 unspecified atom stereocenters. The number of halogens is 1. The van der Waals surface area contributed by atoms with Crippen molar-refractivity contribution in [3.8, 4) is 22.8 Å². The zero-order chi connectivity index (χ0) is 24.7. The fourth-order valence-corrected chi connectivity index (χ4v) is 5.80. The summed E-state index contributed by atoms with van der Waals surface area (Å²) in [5.41, 5.74) is 6.82. The van der Waals surface area contributed by atoms with Crippen LogP contribution in [0.4, 0.5) is 4.39 Å². The normalized spacial score (nSPS) is 18.2. The highest BCUT2D eigenvalue weighted by molar-refractivity contribution is 7.90. The van der Waals surface area contributed by atoms with Crippen LogP contribution in [0.5, 0.6) is 11.6 Å². The van der Waals surface area contributed by atoms with Gasteiger partial charge in [-0.15, -0.1) is 0 Å². The van der Waals surface area contributed by atoms with Crippen LogP contribution in [0.25, 0.3) is 11.1 Å². The van der Waals surface area contributed by atoms with E-state index in [-0.39, 0.29) is 24.8 Å². The van der Waals surface area contributed by atoms with Crippen molar-refractivity contribution in [2.75, 3.05) is 18.6 Å². The Labute approximate surface area is 206 Å². The molecule has 0 spiro atoms. The third-order valence-electron chi connectivity index (χ3n) is 6.93. The Hall–Kier alpha value is -2.93. The van der Waals surface area contributed by atoms with Crippen LogP contribution in [0.3, 0.4) is 0 Å². The number of aryl methyl sites for hydroxylation is 2. The molecule has 1 aromatic heterocycles. The lowest BCUT2D eigenvalue weighted by Crippen LogP contribution is -2.09. The summed E-state index contributed by atoms with van der Waals surface area (Å²) in [5.74, 6) is 2.58. The number of nitrogens with zero attached hydrogens (tertiary/aromatic N) is 1. The van der Waals surface area contributed by atoms with Gasteiger partial charge in [0.05, 0.1) is 12.4 Å². The second kappa shape index (κ2) is 9.26. The summed E-state index contributed by atoms with van der Waals surface area (Å²) in [5, 5.41) is 0. The first-order valence-electron chi connectivity index (χ1n) is 12.0. The summed E-state index contributed by atoms with van der Waals surface area (Å²) in [4.78, 5) is 4.54. The molecule has 1 heterocycles. The highest BCUT2D eigenvalue weighted by Crippen LogP contribution is 2.56. The van der Waals surface area contributed by atoms with Crippen LogP contribution in [0, 0.1) is 25.6 Å². The van der Waals surface area contributed by atoms with E-state index in [1.165, 1.54) is 29.9 Å². The molecule has 2 aliphatic rings. The molecule has 7 heteroatoms. The van der Waals surface area contributed by atoms with Gasteiger partial charge in [0.2, 0.25) is 5.88 Å². The van der Waals surface area contributed by atoms with Gasteiger partial charge >= 0.3 is 0 Å². The van der Waals surface area contributed by atoms with Crippen molar-refractivity contribution in [1.29, 1.82) is 0 Å². The molecular weight excluding hydrogens is 465 g/mol. The molecule has 35 heavy (non-hydrogen) atoms. The van der Waals surface area contributed by atoms with Gasteiger partial charge in [-0.1, -0.05) is 12.1 Å². The van der Waals surface area contributed by atoms with Gasteiger partial charge in [0, 0.05) is 29.1 Å². The molecule has 2 aromatic carbocycles. The molecule has 1 saturated carbocycles. The molecule has 0 bridgehead atoms. The third kappa shape index (κ3) is 5.35. The van der Waals surface area contributed by atoms with E-state index in [4.69, 9.17) is 9.47 Å². The van der Waals surface area contributed by atoms with Crippen LogP contribution in [0.2, 0.25) is 0 Å². The lowest BCUT2D eigenvalue weighted by molar-refractivity contribution is 0.299. The Kier molecular flexibility index (Phi) is 6.30. The summed E-state index contributed by atoms with van der Waals surface area (Å²) in [6, 6.07) is 13.1. The van der Waals surface area contributed by atoms with Crippen LogP contribution < -0.4 is 9.47 Å². The second-order valence-electron chi connectivity index (χ2n) is 9.83. The van der Waals surface area contributed by atoms with Gasteiger partial charge < -0.3 is 9.47 Å². The molecule has 0 N–H and O–H groups in total. The van der Waals surface area contributed by atoms with Gasteiger partial charge in [-0.2, -0.15) is 0 Å². The van der Waals surface area contributed by atoms with Gasteiger partial charge in [-0.05, 0) is 91.5 Å². The van der Waals surface area contributed by atoms with Crippen molar-refractivity contribution < 1.29 is 22.3 Å². The molecule has 184 valence electrons. The number of fused-ring (bicyclic) bond motifs is 3. The summed E-state index contributed by atoms with van der Waals surface area (Å²) in [7, 11) is -3.01. The number of hydrogen-bond donors (Lipinski definition) is 0. The third-order valence-corrected chi connectivity index (χ3v) is 7.96. The maximum absolute atomic E-state index is 14.6. The van der Waals surface area contributed by atoms with Crippen molar-refractivity contribution in [2.45, 2.75) is 45.6 Å². The van der Waals surface area contributed by atoms with Crippen molar-refractivity contribution in [1.82, 2.24) is 4.98 Å². The average molecular weight is 496 g/mol. The van der Waals surface area contributed by atoms with Crippen molar-refractivity contribution in [3.05, 3.63) is 76.2 Å². The molecule has 2 aliphatic carbocycles. The van der Waals surface area contributed by atoms with Crippen LogP contribution in [-0.2, 0) is 22.9 Å². The number of pyridine rings is 1. The van der Waals surface area contributed by atoms with E-state index in [1.54, 1.807) is 6.07 Å². The number of rotatable bonds is 9. The van der Waals surface area contributed by atoms with Gasteiger partial charge in [-0.25, -0.2) is 17.8 Å². The van der Waals surface area contributed by atoms with E-state index in [9.17, 15) is 12.8 Å². The first kappa shape index (κ1) is 23.8. The second-order valence-corrected chi connectivity index (χ2v) is 12.1. The number of hydrogen-bond acceptors (Lipinski definition) is 5. The summed E-state index contributed by atoms with van der Waals surface area (Å²) >= 11 is 0. The largest absolute Gasteiger partial charge is 0.489 e. The predicted molar refractivity (Wildman–Crippen MR) is 134 cm³/mol. The maximum atomic E-state index is 14.6. The predicted octanol–water partition coefficient (Wildman–Crippen LogP) is 5.56. The fraction of sp³-hybridized carbons (Fsp3) is 0.393. The standard InChI is InChI=1S/C28H30FNO4S/c1-17-11-27(33-9-4-10-35(3,31)32)30-18(2)28(17)19-5-8-26(29)22(12-19)16-34-23-6-7-24-20(14-23)13-21-15-25(21)24/h5-8,11-12,14,21,25H,4,9-10,13,15-16H2,1-3H3. The topological polar surface area (TPSA) is 65.5 Å². The van der Waals surface area contributed by atoms with E-state index in [0.29, 0.717) is 17.9 Å². The molecule has 3 aromatic rings. The Morgan fingerprint density at radius 2 is 1.91 bits per heavy atom. The monoisotopic (exact) mass is 495 g/mol. The van der Waals surface area contributed by atoms with E-state index in [1.807, 2.05) is 32.0 Å². The van der Waals surface area contributed by atoms with Crippen LogP contribution >= 0.6 is 0 Å². The molecule has 0 aliphatic heterocycles. The highest BCUT2D eigenvalue weighted by Gasteiger charge is 2.44. The van der Waals surface area contributed by atoms with Crippen molar-refractivity contribution in [3.63, 3.8) is 0 Å². The molecule has 5 nitrogen and oxygen atoms in total. The number of ether oxygens (including phenoxy) is 2. The Balaban J connectivity index is 1.28. The minimum Gasteiger partial charge on any atom is -0.489 e. The maximum Gasteiger partial charge on any atom is 0.213 e. The zero-order valence-electron chi connectivity index (χ0n) is 20.3. The van der Waals surface area contributed by atoms with E-state index in [0.717, 1.165) is 46.4 Å². The zero-order valence-corrected chi connectivity index (χ0v) is 21.1. The van der Waals surface area contributed by atoms with Crippen molar-refractivity contribution in [2.24, 2.45) is 5.92 Å². The first-order chi connectivity index (χ1) is 16.7. The molecule has 5 rings (SSSR count). The molecule has 1 fully saturated rings. The summed E-state index contributed by atoms with van der Waals surface area (Å²) < 4.78 is 48.8. The van der Waals surface area contributed by atoms with Gasteiger partial charge in [0.1, 0.15) is 28.0 Å². The van der Waals surface area contributed by atoms with Gasteiger partial charge in [0.25, 0.3) is 0 Å². The van der Waals surface area contributed by atoms with Crippen LogP contribution in [-0.4, -0.2) is 32.0 Å². The molecule has 0 amide bonds. The number of sulfone groups is 1. The Bertz CT molecular complexity index is 1360. The molecular formula is C28H30FNO4S. The lowest BCUT2D eigenvalue weighted by Gasteiger charge is -2.15. The fourth-order valence-electron chi connectivity index (χ4n) is 5.15. The van der Waals surface area contributed by atoms with Crippen LogP contribution in [0.1, 0.15) is 46.7 Å². The Morgan fingerprint density at radius 3 is 2.69 bits per heavy atom. The quantitative estimate of drug-likeness (QED) is 0.364. The van der Waals surface area contributed by atoms with Gasteiger partial charge in [0.15, 0.2) is 0 Å². The smallest absolute Gasteiger partial charge is 0.213 e. The minimum atomic E-state index is -3.01. The molecule has 0 radical (unpaired) electrons. The Morgan fingerprint density at radius 1 is 1.09 bits per heavy atom. The molecule has 2 atom stereocenters. The summed E-state index contributed by atoms with van der Waals surface area (Å²) in [6.07, 6.45) is 4.07. The van der Waals surface area contributed by atoms with E-state index >= 15 is 0 Å². The van der Waals surface area contributed by atoms with Crippen LogP contribution in [0.15, 0.2) is 42.5 Å². The minimum absolute atomic E-state index is 0.0793. The highest BCUT2D eigenvalue weighted by atomic mass is 32.2. The van der Waals surface area contributed by atoms with E-state index in [2.05, 4.69) is 17.1 Å². The molecule has 0 saturated heterocycles. The number of benzene rings is 2. The SMILES string of the molecule is Cc1cc(OCCCS(C)(=O)=O)nc(C)c1-c1ccc(F)c(COc2ccc3c(c2)CC2CC32)c1. The number of aromatic nitrogens is 1. The average Bonchev–Trinajstić information content (AvgIpc) is 3.46. The summed E-state index contributed by atoms with van der Waals surface area (Å²) in [6.45, 7) is 4.28.